The predicted molar refractivity (Wildman–Crippen MR) is 69.1 cm³/mol. The monoisotopic (exact) mass is 244 g/mol. The molecule has 5 heteroatoms. The Balaban J connectivity index is 2.02. The van der Waals surface area contributed by atoms with E-state index in [1.807, 2.05) is 28.9 Å². The molecule has 0 atom stereocenters. The van der Waals surface area contributed by atoms with Crippen LogP contribution in [0.2, 0.25) is 0 Å². The van der Waals surface area contributed by atoms with E-state index in [4.69, 9.17) is 5.73 Å². The van der Waals surface area contributed by atoms with Crippen LogP contribution in [0.4, 0.5) is 0 Å². The van der Waals surface area contributed by atoms with Crippen molar-refractivity contribution in [1.82, 2.24) is 14.7 Å². The number of primary amides is 1. The fourth-order valence-corrected chi connectivity index (χ4v) is 2.53. The number of amides is 1. The molecule has 1 aromatic carbocycles. The van der Waals surface area contributed by atoms with E-state index in [9.17, 15) is 4.79 Å². The number of fused-ring (bicyclic) bond motifs is 1. The fourth-order valence-electron chi connectivity index (χ4n) is 2.53. The SMILES string of the molecule is NC(=O)c1nn(CN2CCCC2)c2ccccc12. The topological polar surface area (TPSA) is 64.2 Å². The molecule has 94 valence electrons. The van der Waals surface area contributed by atoms with Crippen molar-refractivity contribution < 1.29 is 4.79 Å². The van der Waals surface area contributed by atoms with Crippen molar-refractivity contribution in [3.05, 3.63) is 30.0 Å². The molecule has 0 bridgehead atoms. The largest absolute Gasteiger partial charge is 0.364 e. The summed E-state index contributed by atoms with van der Waals surface area (Å²) in [7, 11) is 0. The zero-order chi connectivity index (χ0) is 12.5. The summed E-state index contributed by atoms with van der Waals surface area (Å²) in [6, 6.07) is 7.72. The molecule has 0 radical (unpaired) electrons. The lowest BCUT2D eigenvalue weighted by molar-refractivity contribution is 0.0995. The molecule has 18 heavy (non-hydrogen) atoms. The number of carbonyl (C=O) groups excluding carboxylic acids is 1. The zero-order valence-electron chi connectivity index (χ0n) is 10.2. The van der Waals surface area contributed by atoms with Gasteiger partial charge in [0, 0.05) is 5.39 Å². The van der Waals surface area contributed by atoms with Gasteiger partial charge in [0.25, 0.3) is 5.91 Å². The number of nitrogens with two attached hydrogens (primary N) is 1. The summed E-state index contributed by atoms with van der Waals surface area (Å²) < 4.78 is 1.88. The maximum Gasteiger partial charge on any atom is 0.269 e. The maximum absolute atomic E-state index is 11.4. The minimum absolute atomic E-state index is 0.366. The van der Waals surface area contributed by atoms with Gasteiger partial charge >= 0.3 is 0 Å². The van der Waals surface area contributed by atoms with Crippen molar-refractivity contribution in [3.63, 3.8) is 0 Å². The number of nitrogens with zero attached hydrogens (tertiary/aromatic N) is 3. The molecule has 0 aliphatic carbocycles. The van der Waals surface area contributed by atoms with Crippen molar-refractivity contribution in [1.29, 1.82) is 0 Å². The Morgan fingerprint density at radius 2 is 2.00 bits per heavy atom. The molecule has 5 nitrogen and oxygen atoms in total. The van der Waals surface area contributed by atoms with E-state index in [1.54, 1.807) is 0 Å². The second-order valence-electron chi connectivity index (χ2n) is 4.70. The van der Waals surface area contributed by atoms with Crippen molar-refractivity contribution in [2.24, 2.45) is 5.73 Å². The van der Waals surface area contributed by atoms with Gasteiger partial charge in [0.05, 0.1) is 12.2 Å². The lowest BCUT2D eigenvalue weighted by Crippen LogP contribution is -2.24. The van der Waals surface area contributed by atoms with Crippen LogP contribution in [0.15, 0.2) is 24.3 Å². The van der Waals surface area contributed by atoms with E-state index in [2.05, 4.69) is 10.00 Å². The standard InChI is InChI=1S/C13H16N4O/c14-13(18)12-10-5-1-2-6-11(10)17(15-12)9-16-7-3-4-8-16/h1-2,5-6H,3-4,7-9H2,(H2,14,18). The highest BCUT2D eigenvalue weighted by Crippen LogP contribution is 2.19. The van der Waals surface area contributed by atoms with E-state index in [0.29, 0.717) is 5.69 Å². The van der Waals surface area contributed by atoms with Crippen LogP contribution in [-0.2, 0) is 6.67 Å². The number of hydrogen-bond acceptors (Lipinski definition) is 3. The third-order valence-corrected chi connectivity index (χ3v) is 3.42. The Kier molecular flexibility index (Phi) is 2.76. The van der Waals surface area contributed by atoms with Crippen LogP contribution < -0.4 is 5.73 Å². The molecule has 2 N–H and O–H groups in total. The van der Waals surface area contributed by atoms with Gasteiger partial charge in [0.1, 0.15) is 0 Å². The molecule has 3 rings (SSSR count). The van der Waals surface area contributed by atoms with E-state index in [-0.39, 0.29) is 0 Å². The van der Waals surface area contributed by atoms with Crippen LogP contribution in [0.5, 0.6) is 0 Å². The first-order valence-electron chi connectivity index (χ1n) is 6.23. The average molecular weight is 244 g/mol. The zero-order valence-corrected chi connectivity index (χ0v) is 10.2. The summed E-state index contributed by atoms with van der Waals surface area (Å²) in [5.74, 6) is -0.466. The van der Waals surface area contributed by atoms with Crippen LogP contribution in [-0.4, -0.2) is 33.7 Å². The number of likely N-dealkylation sites (tertiary alicyclic amines) is 1. The quantitative estimate of drug-likeness (QED) is 0.882. The molecule has 0 saturated carbocycles. The molecule has 0 unspecified atom stereocenters. The third kappa shape index (κ3) is 1.86. The number of carbonyl (C=O) groups is 1. The van der Waals surface area contributed by atoms with Gasteiger partial charge in [0.2, 0.25) is 0 Å². The smallest absolute Gasteiger partial charge is 0.269 e. The van der Waals surface area contributed by atoms with Gasteiger partial charge in [-0.05, 0) is 32.0 Å². The second-order valence-corrected chi connectivity index (χ2v) is 4.70. The first-order chi connectivity index (χ1) is 8.75. The number of aromatic nitrogens is 2. The summed E-state index contributed by atoms with van der Waals surface area (Å²) in [5, 5.41) is 5.19. The number of para-hydroxylation sites is 1. The lowest BCUT2D eigenvalue weighted by Gasteiger charge is -2.14. The summed E-state index contributed by atoms with van der Waals surface area (Å²) in [6.45, 7) is 2.92. The average Bonchev–Trinajstić information content (AvgIpc) is 2.98. The van der Waals surface area contributed by atoms with E-state index >= 15 is 0 Å². The molecule has 1 aliphatic heterocycles. The molecule has 0 spiro atoms. The maximum atomic E-state index is 11.4. The molecule has 1 saturated heterocycles. The highest BCUT2D eigenvalue weighted by atomic mass is 16.1. The van der Waals surface area contributed by atoms with Crippen molar-refractivity contribution >= 4 is 16.8 Å². The van der Waals surface area contributed by atoms with Crippen LogP contribution in [0.1, 0.15) is 23.3 Å². The van der Waals surface area contributed by atoms with Crippen molar-refractivity contribution in [2.75, 3.05) is 13.1 Å². The first kappa shape index (κ1) is 11.2. The summed E-state index contributed by atoms with van der Waals surface area (Å²) in [4.78, 5) is 13.7. The van der Waals surface area contributed by atoms with Crippen molar-refractivity contribution in [3.8, 4) is 0 Å². The van der Waals surface area contributed by atoms with E-state index < -0.39 is 5.91 Å². The van der Waals surface area contributed by atoms with Gasteiger partial charge in [-0.15, -0.1) is 0 Å². The van der Waals surface area contributed by atoms with Crippen molar-refractivity contribution in [2.45, 2.75) is 19.5 Å². The molecule has 2 aromatic rings. The van der Waals surface area contributed by atoms with Gasteiger partial charge < -0.3 is 5.73 Å². The Morgan fingerprint density at radius 3 is 2.72 bits per heavy atom. The van der Waals surface area contributed by atoms with E-state index in [1.165, 1.54) is 12.8 Å². The highest BCUT2D eigenvalue weighted by molar-refractivity contribution is 6.04. The minimum Gasteiger partial charge on any atom is -0.364 e. The third-order valence-electron chi connectivity index (χ3n) is 3.42. The van der Waals surface area contributed by atoms with Crippen LogP contribution in [0.25, 0.3) is 10.9 Å². The van der Waals surface area contributed by atoms with Gasteiger partial charge in [-0.3, -0.25) is 9.69 Å². The molecule has 2 heterocycles. The normalized spacial score (nSPS) is 16.4. The van der Waals surface area contributed by atoms with Gasteiger partial charge in [-0.1, -0.05) is 18.2 Å². The molecular weight excluding hydrogens is 228 g/mol. The van der Waals surface area contributed by atoms with Gasteiger partial charge in [-0.25, -0.2) is 4.68 Å². The minimum atomic E-state index is -0.466. The number of hydrogen-bond donors (Lipinski definition) is 1. The summed E-state index contributed by atoms with van der Waals surface area (Å²) >= 11 is 0. The predicted octanol–water partition coefficient (Wildman–Crippen LogP) is 1.19. The molecule has 1 aromatic heterocycles. The lowest BCUT2D eigenvalue weighted by atomic mass is 10.2. The molecular formula is C13H16N4O. The fraction of sp³-hybridized carbons (Fsp3) is 0.385. The Labute approximate surface area is 105 Å². The summed E-state index contributed by atoms with van der Waals surface area (Å²) in [6.07, 6.45) is 2.48. The van der Waals surface area contributed by atoms with Crippen LogP contribution in [0, 0.1) is 0 Å². The van der Waals surface area contributed by atoms with E-state index in [0.717, 1.165) is 30.7 Å². The number of rotatable bonds is 3. The Hall–Kier alpha value is -1.88. The van der Waals surface area contributed by atoms with Crippen LogP contribution in [0.3, 0.4) is 0 Å². The summed E-state index contributed by atoms with van der Waals surface area (Å²) in [5.41, 5.74) is 6.71. The molecule has 1 aliphatic rings. The van der Waals surface area contributed by atoms with Gasteiger partial charge in [-0.2, -0.15) is 5.10 Å². The number of benzene rings is 1. The molecule has 1 fully saturated rings. The Morgan fingerprint density at radius 1 is 1.28 bits per heavy atom. The van der Waals surface area contributed by atoms with Gasteiger partial charge in [0.15, 0.2) is 5.69 Å². The Bertz CT molecular complexity index is 584. The highest BCUT2D eigenvalue weighted by Gasteiger charge is 2.17. The molecule has 1 amide bonds. The van der Waals surface area contributed by atoms with Crippen LogP contribution >= 0.6 is 0 Å². The second kappa shape index (κ2) is 4.42. The first-order valence-corrected chi connectivity index (χ1v) is 6.23.